The minimum Gasteiger partial charge on any atom is -0.354 e. The van der Waals surface area contributed by atoms with Gasteiger partial charge in [0.2, 0.25) is 0 Å². The summed E-state index contributed by atoms with van der Waals surface area (Å²) in [4.78, 5) is 3.37. The lowest BCUT2D eigenvalue weighted by atomic mass is 10.2. The molecule has 0 saturated carbocycles. The van der Waals surface area contributed by atoms with Crippen LogP contribution < -0.4 is 0 Å². The smallest absolute Gasteiger partial charge is 0.0599 e. The van der Waals surface area contributed by atoms with Gasteiger partial charge in [-0.15, -0.1) is 11.3 Å². The van der Waals surface area contributed by atoms with E-state index in [-0.39, 0.29) is 0 Å². The molecule has 3 heteroatoms. The van der Waals surface area contributed by atoms with E-state index in [0.717, 1.165) is 4.47 Å². The predicted molar refractivity (Wildman–Crippen MR) is 61.4 cm³/mol. The molecule has 0 atom stereocenters. The third-order valence-electron chi connectivity index (χ3n) is 2.16. The molecule has 1 aromatic carbocycles. The van der Waals surface area contributed by atoms with E-state index in [1.165, 1.54) is 21.1 Å². The Kier molecular flexibility index (Phi) is 1.51. The van der Waals surface area contributed by atoms with Gasteiger partial charge in [0.15, 0.2) is 0 Å². The van der Waals surface area contributed by atoms with Gasteiger partial charge in [0.05, 0.1) is 10.2 Å². The van der Waals surface area contributed by atoms with Crippen LogP contribution in [-0.2, 0) is 0 Å². The first-order valence-corrected chi connectivity index (χ1v) is 5.66. The molecule has 0 bridgehead atoms. The van der Waals surface area contributed by atoms with Crippen molar-refractivity contribution in [2.24, 2.45) is 0 Å². The van der Waals surface area contributed by atoms with E-state index >= 15 is 0 Å². The molecule has 0 amide bonds. The summed E-state index contributed by atoms with van der Waals surface area (Å²) < 4.78 is 2.48. The number of fused-ring (bicyclic) bond motifs is 3. The lowest BCUT2D eigenvalue weighted by Gasteiger charge is -1.90. The zero-order valence-corrected chi connectivity index (χ0v) is 9.08. The molecule has 3 rings (SSSR count). The Morgan fingerprint density at radius 2 is 2.08 bits per heavy atom. The molecule has 0 aliphatic carbocycles. The standard InChI is InChI=1S/C10H6BrNS/c11-6-1-2-8-7(5-6)10-9(12-8)3-4-13-10/h1-5,12H. The van der Waals surface area contributed by atoms with Crippen LogP contribution in [0.3, 0.4) is 0 Å². The van der Waals surface area contributed by atoms with Crippen molar-refractivity contribution in [3.8, 4) is 0 Å². The maximum absolute atomic E-state index is 3.48. The fourth-order valence-corrected chi connectivity index (χ4v) is 2.82. The number of aromatic amines is 1. The van der Waals surface area contributed by atoms with E-state index in [1.54, 1.807) is 11.3 Å². The van der Waals surface area contributed by atoms with Gasteiger partial charge in [-0.1, -0.05) is 15.9 Å². The van der Waals surface area contributed by atoms with E-state index in [2.05, 4.69) is 50.6 Å². The Labute approximate surface area is 87.5 Å². The third kappa shape index (κ3) is 1.04. The number of H-pyrrole nitrogens is 1. The molecule has 0 spiro atoms. The molecular formula is C10H6BrNS. The van der Waals surface area contributed by atoms with Crippen molar-refractivity contribution in [3.05, 3.63) is 34.1 Å². The lowest BCUT2D eigenvalue weighted by molar-refractivity contribution is 1.55. The number of hydrogen-bond donors (Lipinski definition) is 1. The second-order valence-corrected chi connectivity index (χ2v) is 4.81. The maximum atomic E-state index is 3.48. The average molecular weight is 252 g/mol. The van der Waals surface area contributed by atoms with E-state index < -0.39 is 0 Å². The maximum Gasteiger partial charge on any atom is 0.0599 e. The van der Waals surface area contributed by atoms with Gasteiger partial charge >= 0.3 is 0 Å². The van der Waals surface area contributed by atoms with Gasteiger partial charge in [-0.2, -0.15) is 0 Å². The summed E-state index contributed by atoms with van der Waals surface area (Å²) in [6, 6.07) is 8.44. The second-order valence-electron chi connectivity index (χ2n) is 2.98. The summed E-state index contributed by atoms with van der Waals surface area (Å²) in [5, 5.41) is 3.42. The summed E-state index contributed by atoms with van der Waals surface area (Å²) in [7, 11) is 0. The van der Waals surface area contributed by atoms with Gasteiger partial charge in [-0.25, -0.2) is 0 Å². The van der Waals surface area contributed by atoms with Gasteiger partial charge in [-0.3, -0.25) is 0 Å². The van der Waals surface area contributed by atoms with Gasteiger partial charge in [0.25, 0.3) is 0 Å². The Hall–Kier alpha value is -0.800. The average Bonchev–Trinajstić information content (AvgIpc) is 2.64. The van der Waals surface area contributed by atoms with E-state index in [0.29, 0.717) is 0 Å². The summed E-state index contributed by atoms with van der Waals surface area (Å²) in [6.45, 7) is 0. The van der Waals surface area contributed by atoms with Gasteiger partial charge < -0.3 is 4.98 Å². The lowest BCUT2D eigenvalue weighted by Crippen LogP contribution is -1.66. The van der Waals surface area contributed by atoms with Crippen LogP contribution in [0.2, 0.25) is 0 Å². The van der Waals surface area contributed by atoms with E-state index in [4.69, 9.17) is 0 Å². The van der Waals surface area contributed by atoms with Crippen molar-refractivity contribution >= 4 is 48.4 Å². The molecule has 2 heterocycles. The zero-order valence-electron chi connectivity index (χ0n) is 6.67. The van der Waals surface area contributed by atoms with E-state index in [1.807, 2.05) is 0 Å². The molecular weight excluding hydrogens is 246 g/mol. The van der Waals surface area contributed by atoms with Crippen LogP contribution in [0.5, 0.6) is 0 Å². The Morgan fingerprint density at radius 1 is 1.15 bits per heavy atom. The highest BCUT2D eigenvalue weighted by Gasteiger charge is 2.04. The molecule has 0 aliphatic rings. The Bertz CT molecular complexity index is 579. The fraction of sp³-hybridized carbons (Fsp3) is 0. The third-order valence-corrected chi connectivity index (χ3v) is 3.60. The van der Waals surface area contributed by atoms with Crippen LogP contribution in [0, 0.1) is 0 Å². The van der Waals surface area contributed by atoms with Crippen LogP contribution in [0.15, 0.2) is 34.1 Å². The van der Waals surface area contributed by atoms with Crippen LogP contribution >= 0.6 is 27.3 Å². The largest absolute Gasteiger partial charge is 0.354 e. The molecule has 1 nitrogen and oxygen atoms in total. The number of nitrogens with one attached hydrogen (secondary N) is 1. The highest BCUT2D eigenvalue weighted by Crippen LogP contribution is 2.31. The van der Waals surface area contributed by atoms with Crippen molar-refractivity contribution in [2.75, 3.05) is 0 Å². The zero-order chi connectivity index (χ0) is 8.84. The first-order valence-electron chi connectivity index (χ1n) is 3.99. The van der Waals surface area contributed by atoms with Crippen LogP contribution in [0.25, 0.3) is 21.1 Å². The number of rotatable bonds is 0. The second kappa shape index (κ2) is 2.59. The van der Waals surface area contributed by atoms with Crippen molar-refractivity contribution in [3.63, 3.8) is 0 Å². The number of thiophene rings is 1. The van der Waals surface area contributed by atoms with Crippen molar-refractivity contribution in [1.82, 2.24) is 4.98 Å². The van der Waals surface area contributed by atoms with Crippen molar-refractivity contribution in [2.45, 2.75) is 0 Å². The summed E-state index contributed by atoms with van der Waals surface area (Å²) in [5.74, 6) is 0. The van der Waals surface area contributed by atoms with Crippen LogP contribution in [0.4, 0.5) is 0 Å². The van der Waals surface area contributed by atoms with Gasteiger partial charge in [-0.05, 0) is 29.6 Å². The first-order chi connectivity index (χ1) is 6.34. The van der Waals surface area contributed by atoms with Crippen molar-refractivity contribution < 1.29 is 0 Å². The fourth-order valence-electron chi connectivity index (χ4n) is 1.57. The molecule has 1 N–H and O–H groups in total. The van der Waals surface area contributed by atoms with Gasteiger partial charge in [0.1, 0.15) is 0 Å². The highest BCUT2D eigenvalue weighted by molar-refractivity contribution is 9.10. The number of aromatic nitrogens is 1. The topological polar surface area (TPSA) is 15.8 Å². The molecule has 3 aromatic rings. The summed E-state index contributed by atoms with van der Waals surface area (Å²) in [6.07, 6.45) is 0. The molecule has 64 valence electrons. The van der Waals surface area contributed by atoms with Crippen molar-refractivity contribution in [1.29, 1.82) is 0 Å². The molecule has 0 radical (unpaired) electrons. The van der Waals surface area contributed by atoms with Crippen LogP contribution in [0.1, 0.15) is 0 Å². The Balaban J connectivity index is 2.61. The van der Waals surface area contributed by atoms with E-state index in [9.17, 15) is 0 Å². The minimum atomic E-state index is 1.13. The first kappa shape index (κ1) is 7.59. The molecule has 13 heavy (non-hydrogen) atoms. The monoisotopic (exact) mass is 251 g/mol. The molecule has 0 fully saturated rings. The number of benzene rings is 1. The molecule has 0 unspecified atom stereocenters. The quantitative estimate of drug-likeness (QED) is 0.618. The SMILES string of the molecule is Brc1ccc2[nH]c3ccsc3c2c1. The predicted octanol–water partition coefficient (Wildman–Crippen LogP) is 4.15. The van der Waals surface area contributed by atoms with Gasteiger partial charge in [0, 0.05) is 15.4 Å². The molecule has 2 aromatic heterocycles. The number of hydrogen-bond acceptors (Lipinski definition) is 1. The summed E-state index contributed by atoms with van der Waals surface area (Å²) in [5.41, 5.74) is 2.45. The normalized spacial score (nSPS) is 11.5. The number of halogens is 1. The summed E-state index contributed by atoms with van der Waals surface area (Å²) >= 11 is 5.26. The molecule has 0 aliphatic heterocycles. The molecule has 0 saturated heterocycles. The highest BCUT2D eigenvalue weighted by atomic mass is 79.9. The Morgan fingerprint density at radius 3 is 3.00 bits per heavy atom. The van der Waals surface area contributed by atoms with Crippen LogP contribution in [-0.4, -0.2) is 4.98 Å². The minimum absolute atomic E-state index is 1.13.